The Kier molecular flexibility index (Phi) is 4.45. The first-order valence-electron chi connectivity index (χ1n) is 7.35. The fourth-order valence-corrected chi connectivity index (χ4v) is 4.16. The van der Waals surface area contributed by atoms with Crippen LogP contribution >= 0.6 is 0 Å². The molecule has 2 heterocycles. The van der Waals surface area contributed by atoms with Crippen LogP contribution in [0.1, 0.15) is 17.8 Å². The van der Waals surface area contributed by atoms with Crippen LogP contribution in [0.2, 0.25) is 0 Å². The third-order valence-corrected chi connectivity index (χ3v) is 5.45. The van der Waals surface area contributed by atoms with E-state index >= 15 is 0 Å². The average molecular weight is 360 g/mol. The lowest BCUT2D eigenvalue weighted by atomic mass is 9.97. The van der Waals surface area contributed by atoms with Gasteiger partial charge in [-0.1, -0.05) is 7.43 Å². The second kappa shape index (κ2) is 6.42. The Labute approximate surface area is 146 Å². The van der Waals surface area contributed by atoms with Crippen molar-refractivity contribution in [2.24, 2.45) is 0 Å². The van der Waals surface area contributed by atoms with Gasteiger partial charge in [0, 0.05) is 33.9 Å². The van der Waals surface area contributed by atoms with Crippen molar-refractivity contribution in [3.63, 3.8) is 0 Å². The molecule has 0 saturated carbocycles. The summed E-state index contributed by atoms with van der Waals surface area (Å²) in [5.74, 6) is -0.848. The van der Waals surface area contributed by atoms with Gasteiger partial charge in [-0.2, -0.15) is 0 Å². The van der Waals surface area contributed by atoms with Gasteiger partial charge in [0.15, 0.2) is 0 Å². The number of hydrogen-bond donors (Lipinski definition) is 3. The number of hydrogen-bond acceptors (Lipinski definition) is 3. The van der Waals surface area contributed by atoms with Gasteiger partial charge in [0.25, 0.3) is 5.91 Å². The van der Waals surface area contributed by atoms with Crippen LogP contribution in [0.3, 0.4) is 0 Å². The molecule has 2 aromatic carbocycles. The van der Waals surface area contributed by atoms with E-state index in [1.165, 1.54) is 12.1 Å². The van der Waals surface area contributed by atoms with E-state index in [0.717, 1.165) is 0 Å². The third kappa shape index (κ3) is 2.56. The van der Waals surface area contributed by atoms with Crippen molar-refractivity contribution in [3.8, 4) is 11.3 Å². The largest absolute Gasteiger partial charge is 0.395 e. The number of aromatic amines is 1. The molecule has 3 N–H and O–H groups in total. The molecule has 1 aliphatic heterocycles. The maximum atomic E-state index is 14.5. The predicted octanol–water partition coefficient (Wildman–Crippen LogP) is 3.28. The van der Waals surface area contributed by atoms with E-state index in [0.29, 0.717) is 27.9 Å². The Morgan fingerprint density at radius 1 is 1.20 bits per heavy atom. The smallest absolute Gasteiger partial charge is 0.257 e. The van der Waals surface area contributed by atoms with Gasteiger partial charge in [0.2, 0.25) is 0 Å². The summed E-state index contributed by atoms with van der Waals surface area (Å²) in [5.41, 5.74) is 2.12. The molecule has 0 radical (unpaired) electrons. The van der Waals surface area contributed by atoms with Crippen LogP contribution in [0.25, 0.3) is 22.0 Å². The fraction of sp³-hybridized carbons (Fsp3) is 0.167. The molecule has 3 aromatic rings. The summed E-state index contributed by atoms with van der Waals surface area (Å²) >= 11 is 0. The van der Waals surface area contributed by atoms with Crippen LogP contribution in [-0.2, 0) is 10.8 Å². The normalized spacial score (nSPS) is 13.6. The molecule has 1 atom stereocenters. The van der Waals surface area contributed by atoms with Gasteiger partial charge in [-0.15, -0.1) is 0 Å². The first-order valence-corrected chi connectivity index (χ1v) is 8.67. The number of carbonyl (C=O) groups excluding carboxylic acids is 1. The molecule has 0 aliphatic carbocycles. The fourth-order valence-electron chi connectivity index (χ4n) is 3.10. The summed E-state index contributed by atoms with van der Waals surface area (Å²) in [7, 11) is -1.58. The van der Waals surface area contributed by atoms with E-state index in [1.807, 2.05) is 0 Å². The Bertz CT molecular complexity index is 999. The molecular weight excluding hydrogens is 343 g/mol. The van der Waals surface area contributed by atoms with Gasteiger partial charge in [-0.25, -0.2) is 4.39 Å². The molecule has 1 aromatic heterocycles. The first kappa shape index (κ1) is 17.3. The number of anilines is 1. The summed E-state index contributed by atoms with van der Waals surface area (Å²) in [6.45, 7) is -0.272. The number of halogens is 1. The molecular formula is C18H17FN2O3S. The lowest BCUT2D eigenvalue weighted by Gasteiger charge is -2.12. The average Bonchev–Trinajstić information content (AvgIpc) is 3.20. The van der Waals surface area contributed by atoms with E-state index in [1.54, 1.807) is 24.4 Å². The highest BCUT2D eigenvalue weighted by Crippen LogP contribution is 2.42. The zero-order valence-electron chi connectivity index (χ0n) is 12.4. The molecule has 5 nitrogen and oxygen atoms in total. The van der Waals surface area contributed by atoms with E-state index in [-0.39, 0.29) is 36.0 Å². The minimum atomic E-state index is -1.58. The Morgan fingerprint density at radius 2 is 2.00 bits per heavy atom. The highest BCUT2D eigenvalue weighted by molar-refractivity contribution is 7.85. The maximum Gasteiger partial charge on any atom is 0.257 e. The zero-order chi connectivity index (χ0) is 16.8. The standard InChI is InChI=1S/C17H13FN2O3S.CH4/c18-10-3-4-12-16-14(17(22)20-12)9(11-2-1-5-19-11)8-13(15(10)16)24(23)7-6-21;/h1-5,8,19,21H,6-7H2,(H,20,22);1H4. The van der Waals surface area contributed by atoms with E-state index in [2.05, 4.69) is 10.3 Å². The third-order valence-electron chi connectivity index (χ3n) is 4.08. The number of H-pyrrole nitrogens is 1. The van der Waals surface area contributed by atoms with Crippen molar-refractivity contribution < 1.29 is 18.5 Å². The molecule has 7 heteroatoms. The number of aromatic nitrogens is 1. The van der Waals surface area contributed by atoms with E-state index in [9.17, 15) is 13.4 Å². The van der Waals surface area contributed by atoms with Gasteiger partial charge in [-0.3, -0.25) is 9.00 Å². The molecule has 1 amide bonds. The molecule has 0 fully saturated rings. The Balaban J connectivity index is 0.00000182. The second-order valence-corrected chi connectivity index (χ2v) is 6.99. The molecule has 130 valence electrons. The summed E-state index contributed by atoms with van der Waals surface area (Å²) in [4.78, 5) is 15.7. The number of amides is 1. The van der Waals surface area contributed by atoms with Crippen LogP contribution in [0.4, 0.5) is 10.1 Å². The first-order chi connectivity index (χ1) is 11.6. The predicted molar refractivity (Wildman–Crippen MR) is 96.7 cm³/mol. The number of rotatable bonds is 4. The van der Waals surface area contributed by atoms with E-state index in [4.69, 9.17) is 5.11 Å². The monoisotopic (exact) mass is 360 g/mol. The van der Waals surface area contributed by atoms with Gasteiger partial charge in [0.1, 0.15) is 5.82 Å². The number of aliphatic hydroxyl groups excluding tert-OH is 1. The highest BCUT2D eigenvalue weighted by atomic mass is 32.2. The quantitative estimate of drug-likeness (QED) is 0.668. The van der Waals surface area contributed by atoms with Crippen molar-refractivity contribution >= 4 is 33.2 Å². The minimum absolute atomic E-state index is 0. The molecule has 0 spiro atoms. The van der Waals surface area contributed by atoms with Crippen LogP contribution in [0.15, 0.2) is 41.4 Å². The highest BCUT2D eigenvalue weighted by Gasteiger charge is 2.30. The van der Waals surface area contributed by atoms with Crippen molar-refractivity contribution in [2.75, 3.05) is 17.7 Å². The minimum Gasteiger partial charge on any atom is -0.395 e. The molecule has 0 saturated heterocycles. The van der Waals surface area contributed by atoms with Crippen molar-refractivity contribution in [1.29, 1.82) is 0 Å². The van der Waals surface area contributed by atoms with Crippen LogP contribution in [0, 0.1) is 5.82 Å². The lowest BCUT2D eigenvalue weighted by molar-refractivity contribution is 0.103. The number of carbonyl (C=O) groups is 1. The van der Waals surface area contributed by atoms with Gasteiger partial charge >= 0.3 is 0 Å². The Hall–Kier alpha value is -2.51. The zero-order valence-corrected chi connectivity index (χ0v) is 13.2. The molecule has 1 unspecified atom stereocenters. The lowest BCUT2D eigenvalue weighted by Crippen LogP contribution is -2.08. The van der Waals surface area contributed by atoms with Crippen LogP contribution < -0.4 is 5.32 Å². The topological polar surface area (TPSA) is 82.2 Å². The second-order valence-electron chi connectivity index (χ2n) is 5.45. The van der Waals surface area contributed by atoms with E-state index < -0.39 is 16.6 Å². The Morgan fingerprint density at radius 3 is 2.68 bits per heavy atom. The molecule has 25 heavy (non-hydrogen) atoms. The molecule has 0 bridgehead atoms. The van der Waals surface area contributed by atoms with Crippen molar-refractivity contribution in [3.05, 3.63) is 47.9 Å². The van der Waals surface area contributed by atoms with Gasteiger partial charge in [0.05, 0.1) is 33.6 Å². The summed E-state index contributed by atoms with van der Waals surface area (Å²) in [6.07, 6.45) is 1.72. The molecule has 4 rings (SSSR count). The van der Waals surface area contributed by atoms with Crippen LogP contribution in [-0.4, -0.2) is 32.6 Å². The summed E-state index contributed by atoms with van der Waals surface area (Å²) < 4.78 is 27.0. The number of nitrogens with one attached hydrogen (secondary N) is 2. The van der Waals surface area contributed by atoms with Crippen molar-refractivity contribution in [2.45, 2.75) is 12.3 Å². The number of aliphatic hydroxyl groups is 1. The summed E-state index contributed by atoms with van der Waals surface area (Å²) in [5, 5.41) is 12.4. The maximum absolute atomic E-state index is 14.5. The SMILES string of the molecule is C.O=C1Nc2ccc(F)c3c(S(=O)CCO)cc(-c4ccc[nH]4)c1c23. The van der Waals surface area contributed by atoms with Gasteiger partial charge < -0.3 is 15.4 Å². The molecule has 1 aliphatic rings. The summed E-state index contributed by atoms with van der Waals surface area (Å²) in [6, 6.07) is 7.91. The van der Waals surface area contributed by atoms with Crippen LogP contribution in [0.5, 0.6) is 0 Å². The number of benzene rings is 2. The van der Waals surface area contributed by atoms with Crippen molar-refractivity contribution in [1.82, 2.24) is 4.98 Å². The van der Waals surface area contributed by atoms with Gasteiger partial charge in [-0.05, 0) is 30.3 Å².